The molecule has 1 aromatic heterocycles. The Morgan fingerprint density at radius 3 is 2.29 bits per heavy atom. The SMILES string of the molecule is CN1C(=O)C(c2ccc(OS(=O)(=O)C(F)(F)F)cc2)(c2ccc(F)c(-c3cncs3)c2)N=C1[As]. The van der Waals surface area contributed by atoms with Gasteiger partial charge in [-0.3, -0.25) is 0 Å². The topological polar surface area (TPSA) is 88.9 Å². The van der Waals surface area contributed by atoms with Crippen LogP contribution in [0.3, 0.4) is 0 Å². The number of aliphatic imine (C=N–C) groups is 1. The van der Waals surface area contributed by atoms with E-state index >= 15 is 0 Å². The summed E-state index contributed by atoms with van der Waals surface area (Å²) >= 11 is 3.33. The number of carbonyl (C=O) groups excluding carboxylic acids is 1. The Morgan fingerprint density at radius 1 is 1.12 bits per heavy atom. The van der Waals surface area contributed by atoms with Gasteiger partial charge in [-0.05, 0) is 0 Å². The Kier molecular flexibility index (Phi) is 6.07. The summed E-state index contributed by atoms with van der Waals surface area (Å²) in [5.74, 6) is -1.64. The van der Waals surface area contributed by atoms with Crippen molar-refractivity contribution in [3.63, 3.8) is 0 Å². The predicted molar refractivity (Wildman–Crippen MR) is 116 cm³/mol. The van der Waals surface area contributed by atoms with E-state index in [2.05, 4.69) is 31.0 Å². The number of carbonyl (C=O) groups is 1. The quantitative estimate of drug-likeness (QED) is 0.202. The zero-order chi connectivity index (χ0) is 24.9. The summed E-state index contributed by atoms with van der Waals surface area (Å²) in [5.41, 5.74) is -5.06. The summed E-state index contributed by atoms with van der Waals surface area (Å²) < 4.78 is 79.5. The summed E-state index contributed by atoms with van der Waals surface area (Å²) in [4.78, 5) is 23.6. The van der Waals surface area contributed by atoms with E-state index in [1.54, 1.807) is 0 Å². The van der Waals surface area contributed by atoms with Crippen molar-refractivity contribution in [1.29, 1.82) is 0 Å². The predicted octanol–water partition coefficient (Wildman–Crippen LogP) is 3.42. The molecule has 3 aromatic rings. The number of amidine groups is 1. The van der Waals surface area contributed by atoms with Gasteiger partial charge in [0.25, 0.3) is 0 Å². The molecule has 1 aliphatic heterocycles. The first-order valence-electron chi connectivity index (χ1n) is 9.24. The van der Waals surface area contributed by atoms with Crippen LogP contribution < -0.4 is 4.18 Å². The average molecular weight is 573 g/mol. The molecule has 0 spiro atoms. The fraction of sp³-hybridized carbons (Fsp3) is 0.150. The Bertz CT molecular complexity index is 1390. The summed E-state index contributed by atoms with van der Waals surface area (Å²) in [6, 6.07) is 8.47. The summed E-state index contributed by atoms with van der Waals surface area (Å²) in [7, 11) is -4.38. The summed E-state index contributed by atoms with van der Waals surface area (Å²) in [6.45, 7) is 0. The molecule has 4 rings (SSSR count). The van der Waals surface area contributed by atoms with E-state index in [1.807, 2.05) is 0 Å². The molecule has 7 nitrogen and oxygen atoms in total. The molecule has 0 saturated carbocycles. The number of alkyl halides is 3. The standard InChI is InChI=1S/C20H12AsF4N3O4S2/c1-28-17(29)19(27-18(28)21,12-4-7-15(22)14(8-12)16-9-26-10-33-16)11-2-5-13(6-3-11)32-34(30,31)20(23,24)25/h2-10H,1H3. The van der Waals surface area contributed by atoms with Gasteiger partial charge >= 0.3 is 204 Å². The molecule has 2 aromatic carbocycles. The van der Waals surface area contributed by atoms with E-state index < -0.39 is 38.6 Å². The molecule has 0 fully saturated rings. The van der Waals surface area contributed by atoms with Crippen molar-refractivity contribution in [1.82, 2.24) is 9.88 Å². The number of amides is 1. The number of hydrogen-bond acceptors (Lipinski definition) is 7. The van der Waals surface area contributed by atoms with E-state index in [0.29, 0.717) is 15.1 Å². The van der Waals surface area contributed by atoms with Crippen molar-refractivity contribution >= 4 is 48.8 Å². The van der Waals surface area contributed by atoms with Crippen LogP contribution in [0.5, 0.6) is 5.75 Å². The molecule has 1 unspecified atom stereocenters. The normalized spacial score (nSPS) is 18.8. The molecule has 2 radical (unpaired) electrons. The molecule has 0 bridgehead atoms. The number of hydrogen-bond donors (Lipinski definition) is 0. The molecule has 0 saturated heterocycles. The number of benzene rings is 2. The van der Waals surface area contributed by atoms with Crippen LogP contribution in [0, 0.1) is 5.82 Å². The second kappa shape index (κ2) is 8.47. The Balaban J connectivity index is 1.84. The van der Waals surface area contributed by atoms with Crippen LogP contribution in [0.2, 0.25) is 0 Å². The first-order chi connectivity index (χ1) is 15.9. The van der Waals surface area contributed by atoms with Crippen LogP contribution in [-0.4, -0.2) is 58.2 Å². The number of nitrogens with zero attached hydrogens (tertiary/aromatic N) is 3. The molecule has 0 aliphatic carbocycles. The monoisotopic (exact) mass is 573 g/mol. The number of likely N-dealkylation sites (N-methyl/N-ethyl adjacent to an activating group) is 1. The van der Waals surface area contributed by atoms with Crippen LogP contribution in [0.1, 0.15) is 11.1 Å². The van der Waals surface area contributed by atoms with Crippen LogP contribution in [-0.2, 0) is 20.5 Å². The second-order valence-corrected chi connectivity index (χ2v) is 10.3. The van der Waals surface area contributed by atoms with Gasteiger partial charge in [0.15, 0.2) is 0 Å². The molecular formula is C20H12AsF4N3O4S2. The van der Waals surface area contributed by atoms with Crippen LogP contribution in [0.4, 0.5) is 17.6 Å². The first-order valence-corrected chi connectivity index (χ1v) is 12.5. The van der Waals surface area contributed by atoms with Crippen LogP contribution >= 0.6 is 11.3 Å². The summed E-state index contributed by atoms with van der Waals surface area (Å²) in [6.07, 6.45) is 1.47. The number of aromatic nitrogens is 1. The zero-order valence-electron chi connectivity index (χ0n) is 16.9. The number of halogens is 4. The molecule has 2 heterocycles. The van der Waals surface area contributed by atoms with Gasteiger partial charge in [0, 0.05) is 0 Å². The van der Waals surface area contributed by atoms with E-state index in [-0.39, 0.29) is 11.1 Å². The van der Waals surface area contributed by atoms with Gasteiger partial charge in [0.1, 0.15) is 0 Å². The third-order valence-electron chi connectivity index (χ3n) is 5.03. The van der Waals surface area contributed by atoms with Gasteiger partial charge in [-0.15, -0.1) is 0 Å². The van der Waals surface area contributed by atoms with Crippen molar-refractivity contribution in [3.8, 4) is 16.2 Å². The minimum absolute atomic E-state index is 0.195. The molecule has 1 aliphatic rings. The molecular weight excluding hydrogens is 561 g/mol. The first kappa shape index (κ1) is 24.4. The van der Waals surface area contributed by atoms with Gasteiger partial charge in [0.05, 0.1) is 0 Å². The van der Waals surface area contributed by atoms with Crippen molar-refractivity contribution in [2.24, 2.45) is 4.99 Å². The molecule has 1 amide bonds. The maximum absolute atomic E-state index is 14.6. The van der Waals surface area contributed by atoms with Crippen molar-refractivity contribution in [2.45, 2.75) is 11.0 Å². The second-order valence-electron chi connectivity index (χ2n) is 7.05. The van der Waals surface area contributed by atoms with Gasteiger partial charge in [-0.25, -0.2) is 0 Å². The minimum atomic E-state index is -5.87. The van der Waals surface area contributed by atoms with Crippen molar-refractivity contribution in [2.75, 3.05) is 7.05 Å². The van der Waals surface area contributed by atoms with E-state index in [1.165, 1.54) is 65.3 Å². The Labute approximate surface area is 203 Å². The third-order valence-corrected chi connectivity index (χ3v) is 7.65. The number of thiazole rings is 1. The molecule has 1 atom stereocenters. The number of rotatable bonds is 5. The van der Waals surface area contributed by atoms with Gasteiger partial charge in [-0.2, -0.15) is 0 Å². The Hall–Kier alpha value is -2.76. The fourth-order valence-corrected chi connectivity index (χ4v) is 4.97. The third kappa shape index (κ3) is 4.01. The molecule has 176 valence electrons. The van der Waals surface area contributed by atoms with Crippen molar-refractivity contribution < 1.29 is 35.0 Å². The van der Waals surface area contributed by atoms with Gasteiger partial charge in [-0.1, -0.05) is 0 Å². The van der Waals surface area contributed by atoms with Crippen molar-refractivity contribution in [3.05, 3.63) is 71.1 Å². The van der Waals surface area contributed by atoms with E-state index in [9.17, 15) is 30.8 Å². The van der Waals surface area contributed by atoms with Gasteiger partial charge < -0.3 is 0 Å². The Morgan fingerprint density at radius 2 is 1.76 bits per heavy atom. The average Bonchev–Trinajstić information content (AvgIpc) is 3.38. The molecule has 34 heavy (non-hydrogen) atoms. The zero-order valence-corrected chi connectivity index (χ0v) is 20.5. The van der Waals surface area contributed by atoms with Crippen LogP contribution in [0.15, 0.2) is 59.2 Å². The fourth-order valence-electron chi connectivity index (χ4n) is 3.36. The molecule has 14 heteroatoms. The summed E-state index contributed by atoms with van der Waals surface area (Å²) in [5, 5.41) is 0. The van der Waals surface area contributed by atoms with E-state index in [4.69, 9.17) is 0 Å². The van der Waals surface area contributed by atoms with Crippen LogP contribution in [0.25, 0.3) is 10.4 Å². The molecule has 0 N–H and O–H groups in total. The van der Waals surface area contributed by atoms with Gasteiger partial charge in [0.2, 0.25) is 0 Å². The van der Waals surface area contributed by atoms with E-state index in [0.717, 1.165) is 12.1 Å². The maximum atomic E-state index is 14.6.